The van der Waals surface area contributed by atoms with E-state index in [4.69, 9.17) is 0 Å². The second-order valence-corrected chi connectivity index (χ2v) is 7.17. The highest BCUT2D eigenvalue weighted by atomic mass is 32.2. The first-order valence-electron chi connectivity index (χ1n) is 8.57. The quantitative estimate of drug-likeness (QED) is 0.744. The van der Waals surface area contributed by atoms with Crippen molar-refractivity contribution in [3.63, 3.8) is 0 Å². The van der Waals surface area contributed by atoms with Crippen molar-refractivity contribution < 1.29 is 14.4 Å². The highest BCUT2D eigenvalue weighted by Gasteiger charge is 2.21. The molecule has 1 aromatic carbocycles. The van der Waals surface area contributed by atoms with E-state index in [9.17, 15) is 14.4 Å². The second-order valence-electron chi connectivity index (χ2n) is 6.13. The van der Waals surface area contributed by atoms with Crippen molar-refractivity contribution in [2.45, 2.75) is 33.2 Å². The third-order valence-electron chi connectivity index (χ3n) is 4.20. The van der Waals surface area contributed by atoms with Gasteiger partial charge in [-0.05, 0) is 24.1 Å². The summed E-state index contributed by atoms with van der Waals surface area (Å²) in [6.07, 6.45) is 1.09. The summed E-state index contributed by atoms with van der Waals surface area (Å²) in [4.78, 5) is 37.1. The third-order valence-corrected chi connectivity index (χ3v) is 5.09. The zero-order chi connectivity index (χ0) is 18.2. The van der Waals surface area contributed by atoms with Crippen LogP contribution in [0.15, 0.2) is 24.3 Å². The fourth-order valence-electron chi connectivity index (χ4n) is 2.36. The Kier molecular flexibility index (Phi) is 7.31. The van der Waals surface area contributed by atoms with Crippen molar-refractivity contribution in [3.05, 3.63) is 29.8 Å². The molecule has 2 rings (SSSR count). The minimum absolute atomic E-state index is 0.00293. The Labute approximate surface area is 152 Å². The molecule has 6 nitrogen and oxygen atoms in total. The molecule has 1 aliphatic rings. The zero-order valence-electron chi connectivity index (χ0n) is 14.7. The summed E-state index contributed by atoms with van der Waals surface area (Å²) in [6, 6.07) is 7.46. The molecular formula is C18H25N3O3S. The molecule has 0 unspecified atom stereocenters. The van der Waals surface area contributed by atoms with Crippen LogP contribution >= 0.6 is 11.8 Å². The van der Waals surface area contributed by atoms with E-state index in [-0.39, 0.29) is 23.0 Å². The standard InChI is InChI=1S/C18H25N3O3S/c1-3-13(2)17(23)20-15-6-4-5-14(11-15)12-19-16(22)7-8-21-9-10-25-18(21)24/h4-6,11,13H,3,7-10,12H2,1-2H3,(H,19,22)(H,20,23)/t13-/m0/s1. The average molecular weight is 363 g/mol. The van der Waals surface area contributed by atoms with Crippen LogP contribution in [0.2, 0.25) is 0 Å². The van der Waals surface area contributed by atoms with E-state index >= 15 is 0 Å². The average Bonchev–Trinajstić information content (AvgIpc) is 3.02. The van der Waals surface area contributed by atoms with Crippen LogP contribution in [0.25, 0.3) is 0 Å². The first kappa shape index (κ1) is 19.3. The monoisotopic (exact) mass is 363 g/mol. The number of anilines is 1. The Balaban J connectivity index is 1.78. The van der Waals surface area contributed by atoms with Crippen LogP contribution in [0.3, 0.4) is 0 Å². The molecule has 1 aromatic rings. The number of benzene rings is 1. The molecular weight excluding hydrogens is 338 g/mol. The van der Waals surface area contributed by atoms with Gasteiger partial charge in [0, 0.05) is 43.4 Å². The van der Waals surface area contributed by atoms with Crippen molar-refractivity contribution in [3.8, 4) is 0 Å². The molecule has 136 valence electrons. The molecule has 0 saturated carbocycles. The molecule has 1 fully saturated rings. The zero-order valence-corrected chi connectivity index (χ0v) is 15.5. The van der Waals surface area contributed by atoms with Crippen molar-refractivity contribution in [2.24, 2.45) is 5.92 Å². The lowest BCUT2D eigenvalue weighted by atomic mass is 10.1. The van der Waals surface area contributed by atoms with Gasteiger partial charge in [0.15, 0.2) is 0 Å². The van der Waals surface area contributed by atoms with Gasteiger partial charge in [-0.2, -0.15) is 0 Å². The molecule has 25 heavy (non-hydrogen) atoms. The van der Waals surface area contributed by atoms with E-state index in [0.29, 0.717) is 26.1 Å². The molecule has 1 saturated heterocycles. The van der Waals surface area contributed by atoms with Gasteiger partial charge in [-0.3, -0.25) is 14.4 Å². The Hall–Kier alpha value is -2.02. The number of nitrogens with zero attached hydrogens (tertiary/aromatic N) is 1. The number of hydrogen-bond acceptors (Lipinski definition) is 4. The second kappa shape index (κ2) is 9.46. The molecule has 0 aliphatic carbocycles. The fraction of sp³-hybridized carbons (Fsp3) is 0.500. The smallest absolute Gasteiger partial charge is 0.281 e. The van der Waals surface area contributed by atoms with Gasteiger partial charge >= 0.3 is 0 Å². The van der Waals surface area contributed by atoms with Crippen molar-refractivity contribution >= 4 is 34.5 Å². The van der Waals surface area contributed by atoms with E-state index in [0.717, 1.165) is 23.4 Å². The highest BCUT2D eigenvalue weighted by molar-refractivity contribution is 8.13. The largest absolute Gasteiger partial charge is 0.352 e. The van der Waals surface area contributed by atoms with Crippen LogP contribution in [0, 0.1) is 5.92 Å². The number of carbonyl (C=O) groups excluding carboxylic acids is 3. The molecule has 1 aliphatic heterocycles. The lowest BCUT2D eigenvalue weighted by molar-refractivity contribution is -0.121. The van der Waals surface area contributed by atoms with Gasteiger partial charge in [-0.15, -0.1) is 0 Å². The van der Waals surface area contributed by atoms with Gasteiger partial charge in [-0.1, -0.05) is 37.7 Å². The summed E-state index contributed by atoms with van der Waals surface area (Å²) in [7, 11) is 0. The summed E-state index contributed by atoms with van der Waals surface area (Å²) < 4.78 is 0. The van der Waals surface area contributed by atoms with Gasteiger partial charge < -0.3 is 15.5 Å². The SMILES string of the molecule is CC[C@H](C)C(=O)Nc1cccc(CNC(=O)CCN2CCSC2=O)c1. The topological polar surface area (TPSA) is 78.5 Å². The molecule has 0 bridgehead atoms. The molecule has 0 aromatic heterocycles. The van der Waals surface area contributed by atoms with Crippen LogP contribution < -0.4 is 10.6 Å². The van der Waals surface area contributed by atoms with Crippen molar-refractivity contribution in [2.75, 3.05) is 24.2 Å². The number of carbonyl (C=O) groups is 3. The summed E-state index contributed by atoms with van der Waals surface area (Å²) >= 11 is 1.30. The van der Waals surface area contributed by atoms with Gasteiger partial charge in [0.1, 0.15) is 0 Å². The van der Waals surface area contributed by atoms with Crippen molar-refractivity contribution in [1.29, 1.82) is 0 Å². The summed E-state index contributed by atoms with van der Waals surface area (Å²) in [5.74, 6) is 0.681. The third kappa shape index (κ3) is 6.08. The minimum atomic E-state index is -0.0845. The summed E-state index contributed by atoms with van der Waals surface area (Å²) in [5.41, 5.74) is 1.65. The number of rotatable bonds is 8. The maximum absolute atomic E-state index is 11.9. The van der Waals surface area contributed by atoms with Crippen LogP contribution in [0.1, 0.15) is 32.3 Å². The molecule has 3 amide bonds. The molecule has 0 radical (unpaired) electrons. The van der Waals surface area contributed by atoms with E-state index in [1.807, 2.05) is 38.1 Å². The number of thioether (sulfide) groups is 1. The molecule has 7 heteroatoms. The predicted octanol–water partition coefficient (Wildman–Crippen LogP) is 2.85. The Morgan fingerprint density at radius 3 is 2.84 bits per heavy atom. The number of amides is 3. The molecule has 2 N–H and O–H groups in total. The molecule has 0 spiro atoms. The van der Waals surface area contributed by atoms with Crippen molar-refractivity contribution in [1.82, 2.24) is 10.2 Å². The van der Waals surface area contributed by atoms with Gasteiger partial charge in [-0.25, -0.2) is 0 Å². The van der Waals surface area contributed by atoms with Crippen LogP contribution in [-0.2, 0) is 16.1 Å². The summed E-state index contributed by atoms with van der Waals surface area (Å²) in [5, 5.41) is 5.80. The molecule has 1 atom stereocenters. The van der Waals surface area contributed by atoms with Crippen LogP contribution in [0.5, 0.6) is 0 Å². The predicted molar refractivity (Wildman–Crippen MR) is 100 cm³/mol. The summed E-state index contributed by atoms with van der Waals surface area (Å²) in [6.45, 7) is 5.44. The van der Waals surface area contributed by atoms with Gasteiger partial charge in [0.2, 0.25) is 11.8 Å². The number of nitrogens with one attached hydrogen (secondary N) is 2. The van der Waals surface area contributed by atoms with Gasteiger partial charge in [0.25, 0.3) is 5.24 Å². The van der Waals surface area contributed by atoms with Crippen LogP contribution in [-0.4, -0.2) is 40.8 Å². The first-order chi connectivity index (χ1) is 12.0. The molecule has 1 heterocycles. The number of hydrogen-bond donors (Lipinski definition) is 2. The van der Waals surface area contributed by atoms with E-state index in [1.54, 1.807) is 4.90 Å². The highest BCUT2D eigenvalue weighted by Crippen LogP contribution is 2.17. The maximum Gasteiger partial charge on any atom is 0.281 e. The van der Waals surface area contributed by atoms with Gasteiger partial charge in [0.05, 0.1) is 0 Å². The Bertz CT molecular complexity index is 636. The van der Waals surface area contributed by atoms with E-state index in [1.165, 1.54) is 11.8 Å². The lowest BCUT2D eigenvalue weighted by Crippen LogP contribution is -2.30. The van der Waals surface area contributed by atoms with E-state index in [2.05, 4.69) is 10.6 Å². The normalized spacial score (nSPS) is 15.1. The Morgan fingerprint density at radius 2 is 2.16 bits per heavy atom. The maximum atomic E-state index is 11.9. The first-order valence-corrected chi connectivity index (χ1v) is 9.56. The minimum Gasteiger partial charge on any atom is -0.352 e. The Morgan fingerprint density at radius 1 is 1.36 bits per heavy atom. The lowest BCUT2D eigenvalue weighted by Gasteiger charge is -2.14. The van der Waals surface area contributed by atoms with Crippen LogP contribution in [0.4, 0.5) is 10.5 Å². The van der Waals surface area contributed by atoms with E-state index < -0.39 is 0 Å². The fourth-order valence-corrected chi connectivity index (χ4v) is 3.22.